The van der Waals surface area contributed by atoms with E-state index in [0.29, 0.717) is 31.4 Å². The number of likely N-dealkylation sites (tertiary alicyclic amines) is 1. The van der Waals surface area contributed by atoms with E-state index in [4.69, 9.17) is 4.74 Å². The molecule has 0 bridgehead atoms. The number of para-hydroxylation sites is 2. The van der Waals surface area contributed by atoms with E-state index in [-0.39, 0.29) is 5.91 Å². The Morgan fingerprint density at radius 2 is 1.85 bits per heavy atom. The fourth-order valence-electron chi connectivity index (χ4n) is 3.53. The van der Waals surface area contributed by atoms with E-state index in [1.807, 2.05) is 47.4 Å². The number of hydrogen-bond acceptors (Lipinski definition) is 4. The molecule has 1 unspecified atom stereocenters. The quantitative estimate of drug-likeness (QED) is 0.695. The molecule has 1 aliphatic rings. The lowest BCUT2D eigenvalue weighted by Crippen LogP contribution is -2.41. The monoisotopic (exact) mass is 361 g/mol. The van der Waals surface area contributed by atoms with Crippen LogP contribution in [0.3, 0.4) is 0 Å². The second kappa shape index (κ2) is 8.27. The molecule has 2 aromatic carbocycles. The van der Waals surface area contributed by atoms with Gasteiger partial charge in [-0.3, -0.25) is 9.78 Å². The highest BCUT2D eigenvalue weighted by Crippen LogP contribution is 2.19. The van der Waals surface area contributed by atoms with Gasteiger partial charge >= 0.3 is 0 Å². The zero-order chi connectivity index (χ0) is 18.5. The van der Waals surface area contributed by atoms with Gasteiger partial charge in [0.15, 0.2) is 0 Å². The van der Waals surface area contributed by atoms with Crippen molar-refractivity contribution in [3.63, 3.8) is 0 Å². The van der Waals surface area contributed by atoms with Crippen LogP contribution in [0.5, 0.6) is 0 Å². The van der Waals surface area contributed by atoms with Gasteiger partial charge in [-0.1, -0.05) is 42.5 Å². The van der Waals surface area contributed by atoms with Crippen LogP contribution < -0.4 is 0 Å². The summed E-state index contributed by atoms with van der Waals surface area (Å²) in [4.78, 5) is 23.6. The van der Waals surface area contributed by atoms with Gasteiger partial charge in [0.2, 0.25) is 0 Å². The molecule has 0 radical (unpaired) electrons. The average molecular weight is 361 g/mol. The highest BCUT2D eigenvalue weighted by molar-refractivity contribution is 5.93. The van der Waals surface area contributed by atoms with Crippen LogP contribution in [-0.4, -0.2) is 40.5 Å². The number of fused-ring (bicyclic) bond motifs is 1. The molecule has 138 valence electrons. The van der Waals surface area contributed by atoms with Crippen molar-refractivity contribution in [1.82, 2.24) is 14.9 Å². The van der Waals surface area contributed by atoms with E-state index in [9.17, 15) is 4.79 Å². The first-order valence-electron chi connectivity index (χ1n) is 9.42. The molecule has 1 aromatic heterocycles. The maximum Gasteiger partial charge on any atom is 0.274 e. The van der Waals surface area contributed by atoms with Gasteiger partial charge in [-0.05, 0) is 36.5 Å². The minimum Gasteiger partial charge on any atom is -0.376 e. The van der Waals surface area contributed by atoms with Gasteiger partial charge in [-0.25, -0.2) is 4.98 Å². The lowest BCUT2D eigenvalue weighted by Gasteiger charge is -2.32. The Morgan fingerprint density at radius 3 is 2.70 bits per heavy atom. The molecule has 1 saturated heterocycles. The van der Waals surface area contributed by atoms with Crippen molar-refractivity contribution in [1.29, 1.82) is 0 Å². The summed E-state index contributed by atoms with van der Waals surface area (Å²) in [6, 6.07) is 17.8. The van der Waals surface area contributed by atoms with Crippen LogP contribution in [0.4, 0.5) is 0 Å². The number of amides is 1. The van der Waals surface area contributed by atoms with Gasteiger partial charge in [0.25, 0.3) is 5.91 Å². The molecule has 1 aliphatic heterocycles. The lowest BCUT2D eigenvalue weighted by atomic mass is 9.98. The summed E-state index contributed by atoms with van der Waals surface area (Å²) in [5.41, 5.74) is 3.15. The number of piperidine rings is 1. The smallest absolute Gasteiger partial charge is 0.274 e. The summed E-state index contributed by atoms with van der Waals surface area (Å²) in [5, 5.41) is 0. The van der Waals surface area contributed by atoms with Crippen molar-refractivity contribution in [2.24, 2.45) is 5.92 Å². The molecular formula is C22H23N3O2. The van der Waals surface area contributed by atoms with Crippen LogP contribution in [-0.2, 0) is 11.3 Å². The van der Waals surface area contributed by atoms with E-state index >= 15 is 0 Å². The minimum atomic E-state index is -0.0407. The Bertz CT molecular complexity index is 914. The Labute approximate surface area is 159 Å². The molecule has 5 heteroatoms. The van der Waals surface area contributed by atoms with Crippen LogP contribution in [0.2, 0.25) is 0 Å². The van der Waals surface area contributed by atoms with Crippen molar-refractivity contribution < 1.29 is 9.53 Å². The number of carbonyl (C=O) groups is 1. The van der Waals surface area contributed by atoms with Crippen molar-refractivity contribution >= 4 is 16.9 Å². The van der Waals surface area contributed by atoms with Crippen molar-refractivity contribution in [3.05, 3.63) is 72.1 Å². The molecule has 0 spiro atoms. The first-order chi connectivity index (χ1) is 13.3. The summed E-state index contributed by atoms with van der Waals surface area (Å²) in [6.07, 6.45) is 3.66. The molecule has 0 saturated carbocycles. The topological polar surface area (TPSA) is 55.3 Å². The Balaban J connectivity index is 1.36. The highest BCUT2D eigenvalue weighted by atomic mass is 16.5. The zero-order valence-electron chi connectivity index (χ0n) is 15.3. The molecule has 0 aliphatic carbocycles. The molecule has 3 aromatic rings. The van der Waals surface area contributed by atoms with Gasteiger partial charge in [-0.2, -0.15) is 0 Å². The second-order valence-electron chi connectivity index (χ2n) is 7.00. The summed E-state index contributed by atoms with van der Waals surface area (Å²) < 4.78 is 5.88. The number of carbonyl (C=O) groups excluding carboxylic acids is 1. The summed E-state index contributed by atoms with van der Waals surface area (Å²) in [6.45, 7) is 2.76. The second-order valence-corrected chi connectivity index (χ2v) is 7.00. The first-order valence-corrected chi connectivity index (χ1v) is 9.42. The third-order valence-corrected chi connectivity index (χ3v) is 4.94. The Kier molecular flexibility index (Phi) is 5.39. The van der Waals surface area contributed by atoms with Crippen molar-refractivity contribution in [3.8, 4) is 0 Å². The van der Waals surface area contributed by atoms with E-state index in [1.54, 1.807) is 6.20 Å². The third-order valence-electron chi connectivity index (χ3n) is 4.94. The third kappa shape index (κ3) is 4.31. The fourth-order valence-corrected chi connectivity index (χ4v) is 3.53. The number of hydrogen-bond donors (Lipinski definition) is 0. The molecular weight excluding hydrogens is 338 g/mol. The maximum atomic E-state index is 12.9. The molecule has 5 nitrogen and oxygen atoms in total. The minimum absolute atomic E-state index is 0.0407. The molecule has 4 rings (SSSR count). The molecule has 1 fully saturated rings. The molecule has 27 heavy (non-hydrogen) atoms. The fraction of sp³-hybridized carbons (Fsp3) is 0.318. The lowest BCUT2D eigenvalue weighted by molar-refractivity contribution is 0.0422. The van der Waals surface area contributed by atoms with Crippen molar-refractivity contribution in [2.75, 3.05) is 19.7 Å². The number of rotatable bonds is 5. The highest BCUT2D eigenvalue weighted by Gasteiger charge is 2.25. The first kappa shape index (κ1) is 17.6. The number of aromatic nitrogens is 2. The largest absolute Gasteiger partial charge is 0.376 e. The number of benzene rings is 2. The van der Waals surface area contributed by atoms with Crippen molar-refractivity contribution in [2.45, 2.75) is 19.4 Å². The standard InChI is InChI=1S/C22H23N3O2/c26-22(21-13-23-19-10-4-5-11-20(19)24-21)25-12-6-9-18(14-25)16-27-15-17-7-2-1-3-8-17/h1-5,7-8,10-11,13,18H,6,9,12,14-16H2. The number of nitrogens with zero attached hydrogens (tertiary/aromatic N) is 3. The summed E-state index contributed by atoms with van der Waals surface area (Å²) in [7, 11) is 0. The SMILES string of the molecule is O=C(c1cnc2ccccc2n1)N1CCCC(COCc2ccccc2)C1. The Morgan fingerprint density at radius 1 is 1.07 bits per heavy atom. The Hall–Kier alpha value is -2.79. The van der Waals surface area contributed by atoms with Gasteiger partial charge in [-0.15, -0.1) is 0 Å². The van der Waals surface area contributed by atoms with E-state index in [1.165, 1.54) is 5.56 Å². The maximum absolute atomic E-state index is 12.9. The van der Waals surface area contributed by atoms with Crippen LogP contribution in [0.15, 0.2) is 60.8 Å². The predicted molar refractivity (Wildman–Crippen MR) is 104 cm³/mol. The molecule has 1 atom stereocenters. The van der Waals surface area contributed by atoms with Crippen LogP contribution >= 0.6 is 0 Å². The zero-order valence-corrected chi connectivity index (χ0v) is 15.3. The van der Waals surface area contributed by atoms with Crippen LogP contribution in [0.25, 0.3) is 11.0 Å². The molecule has 1 amide bonds. The normalized spacial score (nSPS) is 17.2. The van der Waals surface area contributed by atoms with Crippen LogP contribution in [0, 0.1) is 5.92 Å². The summed E-state index contributed by atoms with van der Waals surface area (Å²) >= 11 is 0. The molecule has 0 N–H and O–H groups in total. The van der Waals surface area contributed by atoms with Gasteiger partial charge in [0.05, 0.1) is 30.4 Å². The van der Waals surface area contributed by atoms with E-state index in [0.717, 1.165) is 30.4 Å². The summed E-state index contributed by atoms with van der Waals surface area (Å²) in [5.74, 6) is 0.320. The van der Waals surface area contributed by atoms with Gasteiger partial charge < -0.3 is 9.64 Å². The van der Waals surface area contributed by atoms with Gasteiger partial charge in [0, 0.05) is 13.1 Å². The predicted octanol–water partition coefficient (Wildman–Crippen LogP) is 3.70. The average Bonchev–Trinajstić information content (AvgIpc) is 2.74. The van der Waals surface area contributed by atoms with E-state index in [2.05, 4.69) is 22.1 Å². The number of ether oxygens (including phenoxy) is 1. The molecule has 2 heterocycles. The van der Waals surface area contributed by atoms with E-state index < -0.39 is 0 Å². The van der Waals surface area contributed by atoms with Crippen LogP contribution in [0.1, 0.15) is 28.9 Å². The van der Waals surface area contributed by atoms with Gasteiger partial charge in [0.1, 0.15) is 5.69 Å².